The van der Waals surface area contributed by atoms with Crippen LogP contribution in [0.1, 0.15) is 27.8 Å². The van der Waals surface area contributed by atoms with Crippen molar-refractivity contribution in [3.8, 4) is 11.5 Å². The lowest BCUT2D eigenvalue weighted by molar-refractivity contribution is 0.0926. The van der Waals surface area contributed by atoms with Gasteiger partial charge in [0.15, 0.2) is 17.3 Å². The number of benzene rings is 1. The molecule has 0 radical (unpaired) electrons. The second-order valence-corrected chi connectivity index (χ2v) is 7.67. The first-order chi connectivity index (χ1) is 15.3. The zero-order valence-electron chi connectivity index (χ0n) is 17.2. The zero-order chi connectivity index (χ0) is 21.0. The molecule has 31 heavy (non-hydrogen) atoms. The van der Waals surface area contributed by atoms with Crippen LogP contribution >= 0.6 is 0 Å². The van der Waals surface area contributed by atoms with Gasteiger partial charge in [-0.1, -0.05) is 6.07 Å². The lowest BCUT2D eigenvalue weighted by Crippen LogP contribution is -2.28. The SMILES string of the molecule is O=C(NCCc1nnc2n1CCN(Cc1ccc3c(c1)OCCO3)CC2)c1ccco1. The van der Waals surface area contributed by atoms with Crippen molar-refractivity contribution in [2.24, 2.45) is 0 Å². The standard InChI is InChI=1S/C22H25N5O4/c28-22(18-2-1-11-29-18)23-7-5-20-24-25-21-6-8-26(9-10-27(20)21)15-16-3-4-17-19(14-16)31-13-12-30-17/h1-4,11,14H,5-10,12-13,15H2,(H,23,28). The number of fused-ring (bicyclic) bond motifs is 2. The molecule has 5 rings (SSSR count). The molecular weight excluding hydrogens is 398 g/mol. The van der Waals surface area contributed by atoms with Crippen LogP contribution in [0.15, 0.2) is 41.0 Å². The van der Waals surface area contributed by atoms with Crippen molar-refractivity contribution in [1.29, 1.82) is 0 Å². The van der Waals surface area contributed by atoms with Gasteiger partial charge in [-0.3, -0.25) is 9.69 Å². The van der Waals surface area contributed by atoms with Crippen molar-refractivity contribution >= 4 is 5.91 Å². The quantitative estimate of drug-likeness (QED) is 0.644. The molecule has 0 saturated carbocycles. The van der Waals surface area contributed by atoms with E-state index in [4.69, 9.17) is 13.9 Å². The van der Waals surface area contributed by atoms with E-state index in [0.29, 0.717) is 31.9 Å². The van der Waals surface area contributed by atoms with Gasteiger partial charge in [-0.2, -0.15) is 0 Å². The molecule has 4 heterocycles. The number of carbonyl (C=O) groups excluding carboxylic acids is 1. The van der Waals surface area contributed by atoms with Gasteiger partial charge in [-0.15, -0.1) is 10.2 Å². The van der Waals surface area contributed by atoms with Crippen molar-refractivity contribution in [3.05, 3.63) is 59.6 Å². The Hall–Kier alpha value is -3.33. The van der Waals surface area contributed by atoms with Crippen LogP contribution in [0.2, 0.25) is 0 Å². The summed E-state index contributed by atoms with van der Waals surface area (Å²) in [7, 11) is 0. The summed E-state index contributed by atoms with van der Waals surface area (Å²) in [4.78, 5) is 14.4. The van der Waals surface area contributed by atoms with Gasteiger partial charge < -0.3 is 23.8 Å². The van der Waals surface area contributed by atoms with Crippen molar-refractivity contribution in [3.63, 3.8) is 0 Å². The van der Waals surface area contributed by atoms with Gasteiger partial charge in [-0.25, -0.2) is 0 Å². The molecule has 0 saturated heterocycles. The first-order valence-corrected chi connectivity index (χ1v) is 10.6. The first kappa shape index (κ1) is 19.6. The summed E-state index contributed by atoms with van der Waals surface area (Å²) in [5.74, 6) is 3.64. The molecule has 2 aliphatic rings. The topological polar surface area (TPSA) is 94.7 Å². The number of aromatic nitrogens is 3. The average molecular weight is 423 g/mol. The Labute approximate surface area is 180 Å². The number of furan rings is 1. The molecule has 1 amide bonds. The maximum Gasteiger partial charge on any atom is 0.286 e. The minimum absolute atomic E-state index is 0.216. The molecule has 0 fully saturated rings. The third-order valence-corrected chi connectivity index (χ3v) is 5.59. The van der Waals surface area contributed by atoms with Gasteiger partial charge in [-0.05, 0) is 29.8 Å². The first-order valence-electron chi connectivity index (χ1n) is 10.6. The van der Waals surface area contributed by atoms with Crippen molar-refractivity contribution in [1.82, 2.24) is 25.0 Å². The predicted octanol–water partition coefficient (Wildman–Crippen LogP) is 1.67. The van der Waals surface area contributed by atoms with Gasteiger partial charge >= 0.3 is 0 Å². The van der Waals surface area contributed by atoms with E-state index in [1.807, 2.05) is 6.07 Å². The number of nitrogens with one attached hydrogen (secondary N) is 1. The van der Waals surface area contributed by atoms with Crippen molar-refractivity contribution in [2.45, 2.75) is 25.9 Å². The Balaban J connectivity index is 1.16. The number of rotatable bonds is 6. The van der Waals surface area contributed by atoms with Crippen LogP contribution in [0.5, 0.6) is 11.5 Å². The summed E-state index contributed by atoms with van der Waals surface area (Å²) in [5.41, 5.74) is 1.21. The predicted molar refractivity (Wildman–Crippen MR) is 111 cm³/mol. The van der Waals surface area contributed by atoms with Crippen LogP contribution in [0.25, 0.3) is 0 Å². The minimum atomic E-state index is -0.216. The molecule has 2 aliphatic heterocycles. The van der Waals surface area contributed by atoms with E-state index in [9.17, 15) is 4.79 Å². The summed E-state index contributed by atoms with van der Waals surface area (Å²) in [6, 6.07) is 9.52. The summed E-state index contributed by atoms with van der Waals surface area (Å²) in [6.07, 6.45) is 2.96. The molecule has 0 atom stereocenters. The Bertz CT molecular complexity index is 1050. The van der Waals surface area contributed by atoms with E-state index in [2.05, 4.69) is 37.1 Å². The number of amides is 1. The number of hydrogen-bond acceptors (Lipinski definition) is 7. The zero-order valence-corrected chi connectivity index (χ0v) is 17.2. The largest absolute Gasteiger partial charge is 0.486 e. The van der Waals surface area contributed by atoms with E-state index in [-0.39, 0.29) is 5.91 Å². The summed E-state index contributed by atoms with van der Waals surface area (Å²) in [5, 5.41) is 11.6. The van der Waals surface area contributed by atoms with Crippen molar-refractivity contribution < 1.29 is 18.7 Å². The molecule has 1 N–H and O–H groups in total. The molecule has 162 valence electrons. The Kier molecular flexibility index (Phi) is 5.57. The van der Waals surface area contributed by atoms with Crippen LogP contribution in [0.3, 0.4) is 0 Å². The van der Waals surface area contributed by atoms with Gasteiger partial charge in [0.1, 0.15) is 24.9 Å². The highest BCUT2D eigenvalue weighted by Crippen LogP contribution is 2.31. The third-order valence-electron chi connectivity index (χ3n) is 5.59. The molecule has 3 aromatic rings. The van der Waals surface area contributed by atoms with Crippen LogP contribution in [-0.2, 0) is 25.9 Å². The monoisotopic (exact) mass is 423 g/mol. The van der Waals surface area contributed by atoms with Gasteiger partial charge in [0.2, 0.25) is 0 Å². The number of carbonyl (C=O) groups is 1. The van der Waals surface area contributed by atoms with Crippen LogP contribution in [0, 0.1) is 0 Å². The fourth-order valence-electron chi connectivity index (χ4n) is 4.00. The Morgan fingerprint density at radius 2 is 1.97 bits per heavy atom. The second kappa shape index (κ2) is 8.81. The summed E-state index contributed by atoms with van der Waals surface area (Å²) in [6.45, 7) is 5.19. The maximum atomic E-state index is 12.0. The highest BCUT2D eigenvalue weighted by atomic mass is 16.6. The molecule has 0 bridgehead atoms. The molecular formula is C22H25N5O4. The lowest BCUT2D eigenvalue weighted by Gasteiger charge is -2.22. The van der Waals surface area contributed by atoms with Gasteiger partial charge in [0.05, 0.1) is 6.26 Å². The molecule has 1 aromatic carbocycles. The van der Waals surface area contributed by atoms with Crippen LogP contribution < -0.4 is 14.8 Å². The fraction of sp³-hybridized carbons (Fsp3) is 0.409. The maximum absolute atomic E-state index is 12.0. The van der Waals surface area contributed by atoms with E-state index >= 15 is 0 Å². The molecule has 2 aromatic heterocycles. The minimum Gasteiger partial charge on any atom is -0.486 e. The molecule has 9 nitrogen and oxygen atoms in total. The van der Waals surface area contributed by atoms with Crippen molar-refractivity contribution in [2.75, 3.05) is 32.8 Å². The van der Waals surface area contributed by atoms with Crippen LogP contribution in [-0.4, -0.2) is 58.4 Å². The van der Waals surface area contributed by atoms with E-state index in [1.54, 1.807) is 12.1 Å². The fourth-order valence-corrected chi connectivity index (χ4v) is 4.00. The van der Waals surface area contributed by atoms with Gasteiger partial charge in [0, 0.05) is 45.6 Å². The van der Waals surface area contributed by atoms with E-state index in [0.717, 1.165) is 55.7 Å². The van der Waals surface area contributed by atoms with Crippen LogP contribution in [0.4, 0.5) is 0 Å². The van der Waals surface area contributed by atoms with E-state index in [1.165, 1.54) is 11.8 Å². The smallest absolute Gasteiger partial charge is 0.286 e. The molecule has 0 unspecified atom stereocenters. The normalized spacial score (nSPS) is 15.9. The molecule has 0 spiro atoms. The summed E-state index contributed by atoms with van der Waals surface area (Å²) < 4.78 is 18.6. The number of hydrogen-bond donors (Lipinski definition) is 1. The van der Waals surface area contributed by atoms with E-state index < -0.39 is 0 Å². The summed E-state index contributed by atoms with van der Waals surface area (Å²) >= 11 is 0. The number of ether oxygens (including phenoxy) is 2. The average Bonchev–Trinajstić information content (AvgIpc) is 3.42. The second-order valence-electron chi connectivity index (χ2n) is 7.67. The highest BCUT2D eigenvalue weighted by Gasteiger charge is 2.20. The Morgan fingerprint density at radius 1 is 1.06 bits per heavy atom. The highest BCUT2D eigenvalue weighted by molar-refractivity contribution is 5.91. The number of nitrogens with zero attached hydrogens (tertiary/aromatic N) is 4. The lowest BCUT2D eigenvalue weighted by atomic mass is 10.1. The Morgan fingerprint density at radius 3 is 2.84 bits per heavy atom. The third kappa shape index (κ3) is 4.41. The molecule has 0 aliphatic carbocycles. The molecule has 9 heteroatoms. The van der Waals surface area contributed by atoms with Gasteiger partial charge in [0.25, 0.3) is 5.91 Å².